The van der Waals surface area contributed by atoms with E-state index in [1.807, 2.05) is 0 Å². The molecule has 1 aliphatic rings. The Bertz CT molecular complexity index is 341. The van der Waals surface area contributed by atoms with E-state index in [4.69, 9.17) is 5.11 Å². The van der Waals surface area contributed by atoms with Gasteiger partial charge in [0.1, 0.15) is 0 Å². The Balaban J connectivity index is 2.60. The van der Waals surface area contributed by atoms with Gasteiger partial charge in [0, 0.05) is 26.2 Å². The third-order valence-electron chi connectivity index (χ3n) is 3.59. The van der Waals surface area contributed by atoms with Crippen molar-refractivity contribution in [2.24, 2.45) is 5.41 Å². The monoisotopic (exact) mass is 264 g/mol. The molecule has 0 heterocycles. The van der Waals surface area contributed by atoms with Crippen LogP contribution in [0, 0.1) is 5.41 Å². The average molecular weight is 264 g/mol. The van der Waals surface area contributed by atoms with Crippen LogP contribution in [0.25, 0.3) is 0 Å². The molecule has 1 rings (SSSR count). The zero-order valence-corrected chi connectivity index (χ0v) is 11.8. The Hall–Kier alpha value is -0.170. The maximum Gasteiger partial charge on any atom is 0.279 e. The highest BCUT2D eigenvalue weighted by Gasteiger charge is 2.37. The number of rotatable bonds is 6. The molecule has 0 aromatic rings. The van der Waals surface area contributed by atoms with E-state index in [-0.39, 0.29) is 18.1 Å². The first-order chi connectivity index (χ1) is 7.79. The Kier molecular flexibility index (Phi) is 4.95. The van der Waals surface area contributed by atoms with Crippen molar-refractivity contribution in [1.82, 2.24) is 9.03 Å². The van der Waals surface area contributed by atoms with Gasteiger partial charge in [-0.15, -0.1) is 0 Å². The third kappa shape index (κ3) is 3.91. The molecule has 0 aromatic heterocycles. The van der Waals surface area contributed by atoms with Crippen molar-refractivity contribution in [2.45, 2.75) is 45.6 Å². The first-order valence-corrected chi connectivity index (χ1v) is 7.58. The van der Waals surface area contributed by atoms with Crippen LogP contribution in [0.3, 0.4) is 0 Å². The van der Waals surface area contributed by atoms with Crippen molar-refractivity contribution >= 4 is 10.2 Å². The number of nitrogens with one attached hydrogen (secondary N) is 1. The molecule has 102 valence electrons. The molecule has 1 saturated carbocycles. The number of aliphatic hydroxyl groups is 1. The molecule has 0 saturated heterocycles. The second-order valence-electron chi connectivity index (χ2n) is 5.45. The van der Waals surface area contributed by atoms with Gasteiger partial charge in [-0.1, -0.05) is 20.3 Å². The van der Waals surface area contributed by atoms with Crippen LogP contribution in [0.1, 0.15) is 39.5 Å². The van der Waals surface area contributed by atoms with Crippen molar-refractivity contribution in [3.63, 3.8) is 0 Å². The topological polar surface area (TPSA) is 69.6 Å². The summed E-state index contributed by atoms with van der Waals surface area (Å²) in [5.41, 5.74) is 0.0326. The van der Waals surface area contributed by atoms with Gasteiger partial charge in [-0.2, -0.15) is 17.4 Å². The second kappa shape index (κ2) is 5.65. The second-order valence-corrected chi connectivity index (χ2v) is 7.26. The zero-order valence-electron chi connectivity index (χ0n) is 10.9. The van der Waals surface area contributed by atoms with E-state index in [0.717, 1.165) is 19.3 Å². The Labute approximate surface area is 104 Å². The molecule has 0 aromatic carbocycles. The molecular formula is C11H24N2O3S. The summed E-state index contributed by atoms with van der Waals surface area (Å²) < 4.78 is 28.1. The minimum Gasteiger partial charge on any atom is -0.396 e. The standard InChI is InChI=1S/C11H24N2O3S/c1-11(2)7-4-6-10(11)12-17(15,16)13(3)8-5-9-14/h10,12,14H,4-9H2,1-3H3. The molecule has 1 atom stereocenters. The van der Waals surface area contributed by atoms with E-state index in [9.17, 15) is 8.42 Å². The van der Waals surface area contributed by atoms with Gasteiger partial charge in [0.15, 0.2) is 0 Å². The lowest BCUT2D eigenvalue weighted by Crippen LogP contribution is -2.47. The van der Waals surface area contributed by atoms with Gasteiger partial charge in [-0.25, -0.2) is 0 Å². The molecule has 0 aliphatic heterocycles. The van der Waals surface area contributed by atoms with E-state index in [2.05, 4.69) is 18.6 Å². The fraction of sp³-hybridized carbons (Fsp3) is 1.00. The lowest BCUT2D eigenvalue weighted by molar-refractivity contribution is 0.272. The van der Waals surface area contributed by atoms with Crippen LogP contribution in [0.2, 0.25) is 0 Å². The van der Waals surface area contributed by atoms with Gasteiger partial charge < -0.3 is 5.11 Å². The van der Waals surface area contributed by atoms with E-state index >= 15 is 0 Å². The molecule has 2 N–H and O–H groups in total. The number of hydrogen-bond donors (Lipinski definition) is 2. The lowest BCUT2D eigenvalue weighted by atomic mass is 9.88. The molecule has 0 radical (unpaired) electrons. The highest BCUT2D eigenvalue weighted by molar-refractivity contribution is 7.87. The van der Waals surface area contributed by atoms with Crippen molar-refractivity contribution in [3.8, 4) is 0 Å². The van der Waals surface area contributed by atoms with E-state index < -0.39 is 10.2 Å². The van der Waals surface area contributed by atoms with Crippen LogP contribution in [0.4, 0.5) is 0 Å². The minimum atomic E-state index is -3.41. The molecule has 0 amide bonds. The van der Waals surface area contributed by atoms with Gasteiger partial charge >= 0.3 is 0 Å². The Morgan fingerprint density at radius 2 is 2.12 bits per heavy atom. The molecule has 5 nitrogen and oxygen atoms in total. The predicted molar refractivity (Wildman–Crippen MR) is 67.8 cm³/mol. The Morgan fingerprint density at radius 3 is 2.59 bits per heavy atom. The SMILES string of the molecule is CN(CCCO)S(=O)(=O)NC1CCCC1(C)C. The van der Waals surface area contributed by atoms with Crippen LogP contribution < -0.4 is 4.72 Å². The number of hydrogen-bond acceptors (Lipinski definition) is 3. The highest BCUT2D eigenvalue weighted by Crippen LogP contribution is 2.37. The third-order valence-corrected chi connectivity index (χ3v) is 5.18. The molecule has 6 heteroatoms. The largest absolute Gasteiger partial charge is 0.396 e. The molecule has 1 unspecified atom stereocenters. The van der Waals surface area contributed by atoms with E-state index in [0.29, 0.717) is 13.0 Å². The zero-order chi connectivity index (χ0) is 13.1. The summed E-state index contributed by atoms with van der Waals surface area (Å²) in [4.78, 5) is 0. The van der Waals surface area contributed by atoms with Crippen LogP contribution in [-0.4, -0.2) is 44.1 Å². The van der Waals surface area contributed by atoms with Crippen LogP contribution in [-0.2, 0) is 10.2 Å². The molecular weight excluding hydrogens is 240 g/mol. The summed E-state index contributed by atoms with van der Waals surface area (Å²) in [6.07, 6.45) is 3.49. The van der Waals surface area contributed by atoms with Gasteiger partial charge in [0.05, 0.1) is 0 Å². The summed E-state index contributed by atoms with van der Waals surface area (Å²) in [6.45, 7) is 4.55. The van der Waals surface area contributed by atoms with Gasteiger partial charge in [0.25, 0.3) is 10.2 Å². The van der Waals surface area contributed by atoms with Crippen LogP contribution >= 0.6 is 0 Å². The van der Waals surface area contributed by atoms with Gasteiger partial charge in [-0.05, 0) is 24.7 Å². The quantitative estimate of drug-likeness (QED) is 0.742. The van der Waals surface area contributed by atoms with E-state index in [1.54, 1.807) is 7.05 Å². The van der Waals surface area contributed by atoms with E-state index in [1.165, 1.54) is 4.31 Å². The van der Waals surface area contributed by atoms with Crippen molar-refractivity contribution in [1.29, 1.82) is 0 Å². The summed E-state index contributed by atoms with van der Waals surface area (Å²) in [6, 6.07) is 0.0177. The predicted octanol–water partition coefficient (Wildman–Crippen LogP) is 0.714. The average Bonchev–Trinajstić information content (AvgIpc) is 2.54. The first-order valence-electron chi connectivity index (χ1n) is 6.14. The molecule has 0 spiro atoms. The van der Waals surface area contributed by atoms with Crippen LogP contribution in [0.15, 0.2) is 0 Å². The molecule has 17 heavy (non-hydrogen) atoms. The molecule has 1 aliphatic carbocycles. The summed E-state index contributed by atoms with van der Waals surface area (Å²) in [5.74, 6) is 0. The Morgan fingerprint density at radius 1 is 1.47 bits per heavy atom. The van der Waals surface area contributed by atoms with Gasteiger partial charge in [0.2, 0.25) is 0 Å². The van der Waals surface area contributed by atoms with Crippen molar-refractivity contribution in [2.75, 3.05) is 20.2 Å². The molecule has 0 bridgehead atoms. The van der Waals surface area contributed by atoms with Crippen molar-refractivity contribution in [3.05, 3.63) is 0 Å². The smallest absolute Gasteiger partial charge is 0.279 e. The van der Waals surface area contributed by atoms with Crippen LogP contribution in [0.5, 0.6) is 0 Å². The summed E-state index contributed by atoms with van der Waals surface area (Å²) >= 11 is 0. The van der Waals surface area contributed by atoms with Crippen molar-refractivity contribution < 1.29 is 13.5 Å². The fourth-order valence-corrected chi connectivity index (χ4v) is 3.57. The summed E-state index contributed by atoms with van der Waals surface area (Å²) in [5, 5.41) is 8.71. The summed E-state index contributed by atoms with van der Waals surface area (Å²) in [7, 11) is -1.87. The lowest BCUT2D eigenvalue weighted by Gasteiger charge is -2.29. The highest BCUT2D eigenvalue weighted by atomic mass is 32.2. The first kappa shape index (κ1) is 14.9. The van der Waals surface area contributed by atoms with Gasteiger partial charge in [-0.3, -0.25) is 0 Å². The molecule has 1 fully saturated rings. The number of nitrogens with zero attached hydrogens (tertiary/aromatic N) is 1. The maximum atomic E-state index is 12.0. The normalized spacial score (nSPS) is 24.4. The number of aliphatic hydroxyl groups excluding tert-OH is 1. The minimum absolute atomic E-state index is 0.00871. The maximum absolute atomic E-state index is 12.0. The fourth-order valence-electron chi connectivity index (χ4n) is 2.23.